The summed E-state index contributed by atoms with van der Waals surface area (Å²) in [6.45, 7) is 12.2. The summed E-state index contributed by atoms with van der Waals surface area (Å²) in [5, 5.41) is 7.98. The first-order valence-corrected chi connectivity index (χ1v) is 19.7. The van der Waals surface area contributed by atoms with Crippen molar-refractivity contribution in [1.29, 1.82) is 0 Å². The number of anilines is 1. The molecule has 4 heterocycles. The van der Waals surface area contributed by atoms with E-state index in [1.54, 1.807) is 38.8 Å². The topological polar surface area (TPSA) is 123 Å². The number of ether oxygens (including phenoxy) is 1. The van der Waals surface area contributed by atoms with E-state index in [9.17, 15) is 14.4 Å². The van der Waals surface area contributed by atoms with Crippen molar-refractivity contribution < 1.29 is 19.1 Å². The Hall–Kier alpha value is -3.68. The van der Waals surface area contributed by atoms with Crippen LogP contribution in [0.4, 0.5) is 5.69 Å². The predicted octanol–water partition coefficient (Wildman–Crippen LogP) is 4.89. The Labute approximate surface area is 261 Å². The monoisotopic (exact) mass is 633 g/mol. The van der Waals surface area contributed by atoms with Crippen LogP contribution in [0, 0.1) is 5.41 Å². The minimum absolute atomic E-state index is 0.111. The second-order valence-corrected chi connectivity index (χ2v) is 20.0. The van der Waals surface area contributed by atoms with Crippen molar-refractivity contribution in [3.05, 3.63) is 47.9 Å². The number of rotatable bonds is 8. The van der Waals surface area contributed by atoms with Gasteiger partial charge in [-0.25, -0.2) is 9.67 Å². The SMILES string of the molecule is CC1CN(C(=O)C(=O)Nc2cncc3cnn(COCC[Si](C)(C)C)c23)C(c2ccc3scnc3c2)CN1C(=O)C1(C)CC1. The molecule has 1 saturated carbocycles. The maximum absolute atomic E-state index is 13.9. The summed E-state index contributed by atoms with van der Waals surface area (Å²) in [5.74, 6) is -1.33. The third-order valence-corrected chi connectivity index (χ3v) is 11.2. The fourth-order valence-corrected chi connectivity index (χ4v) is 7.08. The zero-order valence-corrected chi connectivity index (χ0v) is 27.7. The number of piperazine rings is 1. The standard InChI is InChI=1S/C31H39N7O4SSi/c1-20-16-37(25(17-36(20)30(41)31(2)8-9-31)21-6-7-26-23(12-21)33-18-43-26)29(40)28(39)35-24-15-32-13-22-14-34-38(27(22)24)19-42-10-11-44(3,4)5/h6-7,12-15,18,20,25H,8-11,16-17,19H2,1-5H3,(H,35,39). The highest BCUT2D eigenvalue weighted by molar-refractivity contribution is 7.16. The molecule has 0 radical (unpaired) electrons. The molecule has 0 spiro atoms. The lowest BCUT2D eigenvalue weighted by Gasteiger charge is -2.46. The van der Waals surface area contributed by atoms with E-state index in [-0.39, 0.29) is 30.6 Å². The van der Waals surface area contributed by atoms with Crippen LogP contribution >= 0.6 is 11.3 Å². The van der Waals surface area contributed by atoms with Gasteiger partial charge in [-0.2, -0.15) is 5.10 Å². The molecule has 11 nitrogen and oxygen atoms in total. The Morgan fingerprint density at radius 2 is 1.91 bits per heavy atom. The number of fused-ring (bicyclic) bond motifs is 2. The molecular formula is C31H39N7O4SSi. The van der Waals surface area contributed by atoms with Crippen molar-refractivity contribution in [3.63, 3.8) is 0 Å². The summed E-state index contributed by atoms with van der Waals surface area (Å²) in [5.41, 5.74) is 4.14. The van der Waals surface area contributed by atoms with Crippen LogP contribution in [0.2, 0.25) is 25.7 Å². The molecule has 232 valence electrons. The van der Waals surface area contributed by atoms with Crippen molar-refractivity contribution in [2.75, 3.05) is 25.0 Å². The lowest BCUT2D eigenvalue weighted by atomic mass is 9.97. The molecule has 2 fully saturated rings. The van der Waals surface area contributed by atoms with Gasteiger partial charge in [0.15, 0.2) is 0 Å². The van der Waals surface area contributed by atoms with Gasteiger partial charge in [0.2, 0.25) is 5.91 Å². The van der Waals surface area contributed by atoms with Gasteiger partial charge in [0, 0.05) is 50.8 Å². The highest BCUT2D eigenvalue weighted by Crippen LogP contribution is 2.47. The molecule has 3 aromatic heterocycles. The zero-order chi connectivity index (χ0) is 31.2. The molecule has 6 rings (SSSR count). The van der Waals surface area contributed by atoms with Crippen molar-refractivity contribution in [1.82, 2.24) is 29.5 Å². The predicted molar refractivity (Wildman–Crippen MR) is 173 cm³/mol. The number of aromatic nitrogens is 4. The highest BCUT2D eigenvalue weighted by Gasteiger charge is 2.50. The quantitative estimate of drug-likeness (QED) is 0.167. The number of carbonyl (C=O) groups excluding carboxylic acids is 3. The summed E-state index contributed by atoms with van der Waals surface area (Å²) in [4.78, 5) is 53.2. The molecule has 0 bridgehead atoms. The molecule has 44 heavy (non-hydrogen) atoms. The van der Waals surface area contributed by atoms with Crippen LogP contribution in [-0.2, 0) is 25.9 Å². The van der Waals surface area contributed by atoms with Gasteiger partial charge in [-0.15, -0.1) is 11.3 Å². The minimum Gasteiger partial charge on any atom is -0.360 e. The zero-order valence-electron chi connectivity index (χ0n) is 25.9. The van der Waals surface area contributed by atoms with E-state index in [1.165, 1.54) is 6.20 Å². The van der Waals surface area contributed by atoms with Crippen molar-refractivity contribution in [3.8, 4) is 0 Å². The summed E-state index contributed by atoms with van der Waals surface area (Å²) in [6.07, 6.45) is 6.60. The molecule has 2 aliphatic rings. The number of thiazole rings is 1. The second-order valence-electron chi connectivity index (χ2n) is 13.5. The summed E-state index contributed by atoms with van der Waals surface area (Å²) >= 11 is 1.54. The molecule has 2 unspecified atom stereocenters. The second kappa shape index (κ2) is 11.7. The van der Waals surface area contributed by atoms with E-state index in [0.29, 0.717) is 24.4 Å². The van der Waals surface area contributed by atoms with Crippen LogP contribution < -0.4 is 5.32 Å². The highest BCUT2D eigenvalue weighted by atomic mass is 32.1. The molecule has 4 aromatic rings. The number of amides is 3. The third-order valence-electron chi connectivity index (χ3n) is 8.71. The first-order chi connectivity index (χ1) is 20.9. The molecule has 1 aromatic carbocycles. The maximum Gasteiger partial charge on any atom is 0.314 e. The molecular weight excluding hydrogens is 595 g/mol. The maximum atomic E-state index is 13.9. The first-order valence-electron chi connectivity index (χ1n) is 15.1. The Morgan fingerprint density at radius 1 is 1.11 bits per heavy atom. The number of hydrogen-bond donors (Lipinski definition) is 1. The number of carbonyl (C=O) groups is 3. The van der Waals surface area contributed by atoms with Gasteiger partial charge in [-0.05, 0) is 43.5 Å². The number of benzene rings is 1. The van der Waals surface area contributed by atoms with Crippen LogP contribution in [0.1, 0.15) is 38.3 Å². The number of nitrogens with one attached hydrogen (secondary N) is 1. The van der Waals surface area contributed by atoms with Crippen molar-refractivity contribution in [2.24, 2.45) is 5.41 Å². The van der Waals surface area contributed by atoms with E-state index < -0.39 is 25.9 Å². The van der Waals surface area contributed by atoms with E-state index in [1.807, 2.05) is 36.9 Å². The van der Waals surface area contributed by atoms with Crippen LogP contribution in [0.15, 0.2) is 42.3 Å². The Kier molecular flexibility index (Phi) is 8.05. The van der Waals surface area contributed by atoms with E-state index in [2.05, 4.69) is 40.0 Å². The third kappa shape index (κ3) is 6.13. The molecule has 1 saturated heterocycles. The average molecular weight is 634 g/mol. The molecule has 1 aliphatic carbocycles. The molecule has 1 N–H and O–H groups in total. The normalized spacial score (nSPS) is 19.8. The van der Waals surface area contributed by atoms with Gasteiger partial charge in [-0.1, -0.05) is 32.6 Å². The van der Waals surface area contributed by atoms with E-state index in [4.69, 9.17) is 4.74 Å². The lowest BCUT2D eigenvalue weighted by Crippen LogP contribution is -2.59. The van der Waals surface area contributed by atoms with Gasteiger partial charge in [0.1, 0.15) is 6.73 Å². The van der Waals surface area contributed by atoms with E-state index >= 15 is 0 Å². The van der Waals surface area contributed by atoms with Crippen molar-refractivity contribution in [2.45, 2.75) is 71.2 Å². The van der Waals surface area contributed by atoms with E-state index in [0.717, 1.165) is 40.1 Å². The fourth-order valence-electron chi connectivity index (χ4n) is 5.67. The summed E-state index contributed by atoms with van der Waals surface area (Å²) < 4.78 is 8.63. The Balaban J connectivity index is 1.24. The Morgan fingerprint density at radius 3 is 2.66 bits per heavy atom. The largest absolute Gasteiger partial charge is 0.360 e. The van der Waals surface area contributed by atoms with Gasteiger partial charge in [-0.3, -0.25) is 19.4 Å². The van der Waals surface area contributed by atoms with Gasteiger partial charge in [0.25, 0.3) is 0 Å². The number of nitrogens with zero attached hydrogens (tertiary/aromatic N) is 6. The molecule has 13 heteroatoms. The van der Waals surface area contributed by atoms with Gasteiger partial charge in [0.05, 0.1) is 45.4 Å². The van der Waals surface area contributed by atoms with Gasteiger partial charge >= 0.3 is 11.8 Å². The molecule has 2 atom stereocenters. The summed E-state index contributed by atoms with van der Waals surface area (Å²) in [7, 11) is -1.25. The molecule has 1 aliphatic heterocycles. The molecule has 3 amide bonds. The van der Waals surface area contributed by atoms with Crippen LogP contribution in [-0.4, -0.2) is 81.1 Å². The van der Waals surface area contributed by atoms with Crippen LogP contribution in [0.25, 0.3) is 21.1 Å². The smallest absolute Gasteiger partial charge is 0.314 e. The number of hydrogen-bond acceptors (Lipinski definition) is 8. The number of pyridine rings is 1. The van der Waals surface area contributed by atoms with Crippen molar-refractivity contribution >= 4 is 63.9 Å². The minimum atomic E-state index is -1.25. The average Bonchev–Trinajstić information content (AvgIpc) is 3.37. The summed E-state index contributed by atoms with van der Waals surface area (Å²) in [6, 6.07) is 6.19. The first kappa shape index (κ1) is 30.3. The fraction of sp³-hybridized carbons (Fsp3) is 0.484. The van der Waals surface area contributed by atoms with Crippen LogP contribution in [0.3, 0.4) is 0 Å². The lowest BCUT2D eigenvalue weighted by molar-refractivity contribution is -0.153. The van der Waals surface area contributed by atoms with Crippen LogP contribution in [0.5, 0.6) is 0 Å². The van der Waals surface area contributed by atoms with Gasteiger partial charge < -0.3 is 19.9 Å². The Bertz CT molecular complexity index is 1730.